The van der Waals surface area contributed by atoms with E-state index in [1.165, 1.54) is 27.4 Å². The lowest BCUT2D eigenvalue weighted by molar-refractivity contribution is 0.00578. The van der Waals surface area contributed by atoms with E-state index in [0.29, 0.717) is 6.61 Å². The third kappa shape index (κ3) is 8.00. The van der Waals surface area contributed by atoms with Gasteiger partial charge in [0.25, 0.3) is 0 Å². The number of aryl methyl sites for hydroxylation is 1. The van der Waals surface area contributed by atoms with Gasteiger partial charge in [0.2, 0.25) is 0 Å². The molecular formula is C49H58B2N2O5. The maximum atomic E-state index is 6.48. The largest absolute Gasteiger partial charge is 0.494 e. The molecule has 0 amide bonds. The summed E-state index contributed by atoms with van der Waals surface area (Å²) in [5, 5.41) is 2.38. The minimum Gasteiger partial charge on any atom is -0.399 e. The molecule has 0 spiro atoms. The fourth-order valence-electron chi connectivity index (χ4n) is 7.99. The molecule has 1 aromatic heterocycles. The van der Waals surface area contributed by atoms with Crippen molar-refractivity contribution >= 4 is 64.0 Å². The van der Waals surface area contributed by atoms with E-state index in [9.17, 15) is 0 Å². The number of aromatic nitrogens is 1. The molecule has 3 heterocycles. The van der Waals surface area contributed by atoms with Crippen LogP contribution in [0.3, 0.4) is 0 Å². The summed E-state index contributed by atoms with van der Waals surface area (Å²) in [7, 11) is -0.851. The highest BCUT2D eigenvalue weighted by Crippen LogP contribution is 2.39. The zero-order chi connectivity index (χ0) is 40.7. The highest BCUT2D eigenvalue weighted by Gasteiger charge is 2.53. The molecular weight excluding hydrogens is 718 g/mol. The Morgan fingerprint density at radius 2 is 0.931 bits per heavy atom. The van der Waals surface area contributed by atoms with Crippen molar-refractivity contribution in [3.05, 3.63) is 127 Å². The maximum Gasteiger partial charge on any atom is 0.494 e. The Hall–Kier alpha value is -4.37. The summed E-state index contributed by atoms with van der Waals surface area (Å²) in [6.07, 6.45) is 4.37. The predicted octanol–water partition coefficient (Wildman–Crippen LogP) is 10.6. The predicted molar refractivity (Wildman–Crippen MR) is 240 cm³/mol. The normalized spacial score (nSPS) is 18.1. The number of nitrogens with zero attached hydrogens (tertiary/aromatic N) is 2. The van der Waals surface area contributed by atoms with Crippen molar-refractivity contribution in [1.82, 2.24) is 4.57 Å². The molecule has 0 radical (unpaired) electrons. The molecule has 2 saturated heterocycles. The fourth-order valence-corrected chi connectivity index (χ4v) is 7.99. The number of hydrogen-bond donors (Lipinski definition) is 0. The molecule has 0 aliphatic carbocycles. The molecule has 0 N–H and O–H groups in total. The van der Waals surface area contributed by atoms with Crippen molar-refractivity contribution in [2.24, 2.45) is 0 Å². The van der Waals surface area contributed by atoms with Gasteiger partial charge in [0.15, 0.2) is 0 Å². The van der Waals surface area contributed by atoms with Crippen molar-refractivity contribution in [3.8, 4) is 0 Å². The molecule has 0 bridgehead atoms. The second-order valence-corrected chi connectivity index (χ2v) is 18.0. The summed E-state index contributed by atoms with van der Waals surface area (Å²) in [4.78, 5) is 2.28. The first kappa shape index (κ1) is 40.4. The third-order valence-corrected chi connectivity index (χ3v) is 12.9. The third-order valence-electron chi connectivity index (χ3n) is 12.9. The van der Waals surface area contributed by atoms with Crippen LogP contribution >= 0.6 is 0 Å². The number of para-hydroxylation sites is 2. The summed E-state index contributed by atoms with van der Waals surface area (Å²) in [5.41, 5.74) is 7.43. The molecule has 7 nitrogen and oxygen atoms in total. The first-order valence-corrected chi connectivity index (χ1v) is 21.1. The van der Waals surface area contributed by atoms with E-state index in [4.69, 9.17) is 23.4 Å². The lowest BCUT2D eigenvalue weighted by Gasteiger charge is -2.32. The van der Waals surface area contributed by atoms with Crippen molar-refractivity contribution < 1.29 is 23.4 Å². The van der Waals surface area contributed by atoms with Crippen LogP contribution < -0.4 is 15.8 Å². The summed E-state index contributed by atoms with van der Waals surface area (Å²) in [5.74, 6) is 0. The van der Waals surface area contributed by atoms with E-state index >= 15 is 0 Å². The van der Waals surface area contributed by atoms with E-state index in [0.717, 1.165) is 66.8 Å². The smallest absolute Gasteiger partial charge is 0.399 e. The van der Waals surface area contributed by atoms with Gasteiger partial charge < -0.3 is 32.8 Å². The minimum absolute atomic E-state index is 0.408. The standard InChI is InChI=1S/C49H58B2N2O5/c1-46(2)47(3,4)56-50(55-46)37-25-29-44-42(33-37)43-34-38(51-57-48(5,6)49(7,8)58-51)26-30-45(43)52(44)31-17-9-10-18-32-54-35-36-23-27-41(28-24-36)53(39-19-13-11-14-20-39)40-21-15-12-16-22-40/h11-16,19-30,33-34H,9-10,17-18,31-32,35H2,1-8H3. The first-order chi connectivity index (χ1) is 27.7. The molecule has 0 unspecified atom stereocenters. The molecule has 0 saturated carbocycles. The Labute approximate surface area is 345 Å². The molecule has 2 aliphatic heterocycles. The number of unbranched alkanes of at least 4 members (excludes halogenated alkanes) is 3. The zero-order valence-corrected chi connectivity index (χ0v) is 35.6. The van der Waals surface area contributed by atoms with Crippen LogP contribution in [0.4, 0.5) is 17.1 Å². The van der Waals surface area contributed by atoms with Crippen LogP contribution in [0.2, 0.25) is 0 Å². The Morgan fingerprint density at radius 3 is 1.40 bits per heavy atom. The molecule has 5 aromatic carbocycles. The van der Waals surface area contributed by atoms with Crippen molar-refractivity contribution in [3.63, 3.8) is 0 Å². The number of ether oxygens (including phenoxy) is 1. The average molecular weight is 777 g/mol. The van der Waals surface area contributed by atoms with Gasteiger partial charge in [-0.15, -0.1) is 0 Å². The number of hydrogen-bond acceptors (Lipinski definition) is 6. The van der Waals surface area contributed by atoms with Gasteiger partial charge in [-0.3, -0.25) is 0 Å². The number of rotatable bonds is 14. The molecule has 58 heavy (non-hydrogen) atoms. The monoisotopic (exact) mass is 776 g/mol. The van der Waals surface area contributed by atoms with E-state index in [2.05, 4.69) is 186 Å². The molecule has 0 atom stereocenters. The number of anilines is 3. The Kier molecular flexibility index (Phi) is 11.2. The SMILES string of the molecule is CC1(C)OB(c2ccc3c(c2)c2cc(B4OC(C)(C)C(C)(C)O4)ccc2n3CCCCCCOCc2ccc(N(c3ccccc3)c3ccccc3)cc2)OC1(C)C. The molecule has 6 aromatic rings. The van der Waals surface area contributed by atoms with Gasteiger partial charge in [0.05, 0.1) is 29.0 Å². The molecule has 2 aliphatic rings. The molecule has 2 fully saturated rings. The molecule has 9 heteroatoms. The quantitative estimate of drug-likeness (QED) is 0.0811. The van der Waals surface area contributed by atoms with Gasteiger partial charge in [0, 0.05) is 52.0 Å². The van der Waals surface area contributed by atoms with Gasteiger partial charge in [-0.2, -0.15) is 0 Å². The van der Waals surface area contributed by atoms with Crippen LogP contribution in [-0.4, -0.2) is 47.8 Å². The Balaban J connectivity index is 0.901. The second-order valence-electron chi connectivity index (χ2n) is 18.0. The zero-order valence-electron chi connectivity index (χ0n) is 35.6. The minimum atomic E-state index is -0.426. The molecule has 300 valence electrons. The summed E-state index contributed by atoms with van der Waals surface area (Å²) < 4.78 is 34.5. The maximum absolute atomic E-state index is 6.48. The van der Waals surface area contributed by atoms with Gasteiger partial charge in [-0.25, -0.2) is 0 Å². The van der Waals surface area contributed by atoms with E-state index in [1.54, 1.807) is 0 Å². The highest BCUT2D eigenvalue weighted by atomic mass is 16.7. The topological polar surface area (TPSA) is 54.3 Å². The van der Waals surface area contributed by atoms with Crippen LogP contribution in [0.5, 0.6) is 0 Å². The average Bonchev–Trinajstić information content (AvgIpc) is 3.72. The van der Waals surface area contributed by atoms with Crippen LogP contribution in [0, 0.1) is 0 Å². The van der Waals surface area contributed by atoms with Gasteiger partial charge in [-0.1, -0.05) is 85.6 Å². The van der Waals surface area contributed by atoms with E-state index < -0.39 is 36.6 Å². The van der Waals surface area contributed by atoms with Crippen molar-refractivity contribution in [1.29, 1.82) is 0 Å². The van der Waals surface area contributed by atoms with Crippen molar-refractivity contribution in [2.45, 2.75) is 117 Å². The lowest BCUT2D eigenvalue weighted by Crippen LogP contribution is -2.41. The number of benzene rings is 5. The summed E-state index contributed by atoms with van der Waals surface area (Å²) in [6.45, 7) is 19.1. The molecule has 8 rings (SSSR count). The fraction of sp³-hybridized carbons (Fsp3) is 0.388. The summed E-state index contributed by atoms with van der Waals surface area (Å²) in [6, 6.07) is 43.1. The van der Waals surface area contributed by atoms with Crippen LogP contribution in [0.1, 0.15) is 86.6 Å². The van der Waals surface area contributed by atoms with E-state index in [-0.39, 0.29) is 0 Å². The van der Waals surface area contributed by atoms with Gasteiger partial charge in [0.1, 0.15) is 0 Å². The second kappa shape index (κ2) is 16.0. The van der Waals surface area contributed by atoms with Gasteiger partial charge in [-0.05, 0) is 133 Å². The van der Waals surface area contributed by atoms with Crippen LogP contribution in [0.15, 0.2) is 121 Å². The first-order valence-electron chi connectivity index (χ1n) is 21.1. The Morgan fingerprint density at radius 1 is 0.500 bits per heavy atom. The van der Waals surface area contributed by atoms with Gasteiger partial charge >= 0.3 is 14.2 Å². The Bertz CT molecular complexity index is 2180. The van der Waals surface area contributed by atoms with Crippen LogP contribution in [0.25, 0.3) is 21.8 Å². The van der Waals surface area contributed by atoms with Crippen molar-refractivity contribution in [2.75, 3.05) is 11.5 Å². The lowest BCUT2D eigenvalue weighted by atomic mass is 9.77. The number of fused-ring (bicyclic) bond motifs is 3. The van der Waals surface area contributed by atoms with Crippen LogP contribution in [-0.2, 0) is 36.5 Å². The highest BCUT2D eigenvalue weighted by molar-refractivity contribution is 6.63. The van der Waals surface area contributed by atoms with E-state index in [1.807, 2.05) is 0 Å². The summed E-state index contributed by atoms with van der Waals surface area (Å²) >= 11 is 0.